The number of carbonyl (C=O) groups is 4. The van der Waals surface area contributed by atoms with Gasteiger partial charge in [-0.15, -0.1) is 0 Å². The maximum Gasteiger partial charge on any atom is 0.310 e. The Hall–Kier alpha value is -5.65. The molecule has 2 unspecified atom stereocenters. The van der Waals surface area contributed by atoms with E-state index in [4.69, 9.17) is 9.47 Å². The van der Waals surface area contributed by atoms with Crippen molar-refractivity contribution in [3.8, 4) is 22.3 Å². The molecule has 6 rings (SSSR count). The van der Waals surface area contributed by atoms with Crippen molar-refractivity contribution in [2.45, 2.75) is 36.5 Å². The van der Waals surface area contributed by atoms with Crippen LogP contribution in [-0.4, -0.2) is 82.8 Å². The molecule has 2 saturated heterocycles. The van der Waals surface area contributed by atoms with Gasteiger partial charge in [-0.2, -0.15) is 0 Å². The number of hydrogen-bond donors (Lipinski definition) is 0. The second kappa shape index (κ2) is 20.3. The Labute approximate surface area is 372 Å². The van der Waals surface area contributed by atoms with Gasteiger partial charge < -0.3 is 19.3 Å². The molecule has 2 aliphatic heterocycles. The van der Waals surface area contributed by atoms with E-state index in [2.05, 4.69) is 31.9 Å². The lowest BCUT2D eigenvalue weighted by molar-refractivity contribution is -0.387. The molecule has 2 heterocycles. The molecule has 0 N–H and O–H groups in total. The number of nitrogens with zero attached hydrogens (tertiary/aromatic N) is 4. The summed E-state index contributed by atoms with van der Waals surface area (Å²) in [5.41, 5.74) is 1.33. The SMILES string of the molecule is CCOC(=O)C1CCN(C(=O)C=Cc2ccc(Sc3ccc(C=CC(=O)N4CCC(C(=O)OCC)C4)c(-c4cccc(Br)c4)c3[N+](=O)[O-])c([N+](=O)[O-])c2-c2cccc(Br)c2)C1. The van der Waals surface area contributed by atoms with Gasteiger partial charge in [-0.3, -0.25) is 39.4 Å². The highest BCUT2D eigenvalue weighted by Crippen LogP contribution is 2.49. The average Bonchev–Trinajstić information content (AvgIpc) is 3.94. The fourth-order valence-corrected chi connectivity index (χ4v) is 9.21. The summed E-state index contributed by atoms with van der Waals surface area (Å²) in [6.45, 7) is 4.99. The molecule has 61 heavy (non-hydrogen) atoms. The second-order valence-electron chi connectivity index (χ2n) is 14.1. The van der Waals surface area contributed by atoms with Crippen LogP contribution in [-0.2, 0) is 28.7 Å². The molecule has 2 aliphatic rings. The molecule has 2 fully saturated rings. The molecular weight excluding hydrogens is 936 g/mol. The zero-order valence-corrected chi connectivity index (χ0v) is 37.1. The van der Waals surface area contributed by atoms with Gasteiger partial charge in [0.1, 0.15) is 0 Å². The van der Waals surface area contributed by atoms with Crippen molar-refractivity contribution < 1.29 is 38.5 Å². The Kier molecular flexibility index (Phi) is 14.9. The van der Waals surface area contributed by atoms with Gasteiger partial charge in [0.15, 0.2) is 0 Å². The van der Waals surface area contributed by atoms with Gasteiger partial charge in [0, 0.05) is 47.3 Å². The van der Waals surface area contributed by atoms with Crippen molar-refractivity contribution in [1.29, 1.82) is 0 Å². The van der Waals surface area contributed by atoms with E-state index in [9.17, 15) is 39.4 Å². The Morgan fingerprint density at radius 2 is 1.10 bits per heavy atom. The highest BCUT2D eigenvalue weighted by Gasteiger charge is 2.34. The zero-order chi connectivity index (χ0) is 43.8. The van der Waals surface area contributed by atoms with E-state index in [1.165, 1.54) is 46.2 Å². The maximum absolute atomic E-state index is 13.3. The van der Waals surface area contributed by atoms with Crippen molar-refractivity contribution >= 4 is 90.9 Å². The van der Waals surface area contributed by atoms with Gasteiger partial charge in [-0.1, -0.05) is 80.0 Å². The summed E-state index contributed by atoms with van der Waals surface area (Å²) in [4.78, 5) is 79.6. The summed E-state index contributed by atoms with van der Waals surface area (Å²) in [6.07, 6.45) is 6.54. The Morgan fingerprint density at radius 3 is 1.46 bits per heavy atom. The fourth-order valence-electron chi connectivity index (χ4n) is 7.35. The minimum absolute atomic E-state index is 0.104. The number of nitro groups is 2. The van der Waals surface area contributed by atoms with Crippen molar-refractivity contribution in [3.05, 3.63) is 125 Å². The molecule has 2 atom stereocenters. The first-order valence-electron chi connectivity index (χ1n) is 19.4. The number of likely N-dealkylation sites (tertiary alicyclic amines) is 2. The molecule has 0 saturated carbocycles. The van der Waals surface area contributed by atoms with E-state index in [1.54, 1.807) is 74.5 Å². The maximum atomic E-state index is 13.3. The minimum atomic E-state index is -0.545. The van der Waals surface area contributed by atoms with Crippen LogP contribution < -0.4 is 0 Å². The molecular formula is C44H40Br2N4O10S. The van der Waals surface area contributed by atoms with Gasteiger partial charge in [-0.25, -0.2) is 0 Å². The normalized spacial score (nSPS) is 16.3. The van der Waals surface area contributed by atoms with Crippen molar-refractivity contribution in [2.24, 2.45) is 11.8 Å². The number of esters is 2. The van der Waals surface area contributed by atoms with Gasteiger partial charge in [0.05, 0.1) is 55.8 Å². The first kappa shape index (κ1) is 44.9. The van der Waals surface area contributed by atoms with E-state index >= 15 is 0 Å². The molecule has 0 spiro atoms. The van der Waals surface area contributed by atoms with Crippen LogP contribution in [0.3, 0.4) is 0 Å². The molecule has 0 radical (unpaired) electrons. The zero-order valence-electron chi connectivity index (χ0n) is 33.1. The van der Waals surface area contributed by atoms with Crippen LogP contribution in [0.15, 0.2) is 104 Å². The van der Waals surface area contributed by atoms with Crippen LogP contribution in [0.1, 0.15) is 37.8 Å². The van der Waals surface area contributed by atoms with Crippen LogP contribution in [0.4, 0.5) is 11.4 Å². The van der Waals surface area contributed by atoms with E-state index in [0.717, 1.165) is 11.8 Å². The van der Waals surface area contributed by atoms with Crippen molar-refractivity contribution in [3.63, 3.8) is 0 Å². The highest BCUT2D eigenvalue weighted by molar-refractivity contribution is 9.10. The van der Waals surface area contributed by atoms with Gasteiger partial charge in [-0.05, 0) is 97.5 Å². The van der Waals surface area contributed by atoms with Crippen LogP contribution in [0.25, 0.3) is 34.4 Å². The summed E-state index contributed by atoms with van der Waals surface area (Å²) < 4.78 is 11.5. The fraction of sp³-hybridized carbons (Fsp3) is 0.273. The van der Waals surface area contributed by atoms with Crippen LogP contribution >= 0.6 is 43.6 Å². The molecule has 0 aromatic heterocycles. The molecule has 0 aliphatic carbocycles. The van der Waals surface area contributed by atoms with Crippen molar-refractivity contribution in [2.75, 3.05) is 39.4 Å². The lowest BCUT2D eigenvalue weighted by atomic mass is 9.97. The Bertz CT molecular complexity index is 2290. The molecule has 4 aromatic carbocycles. The molecule has 17 heteroatoms. The molecule has 0 bridgehead atoms. The first-order valence-corrected chi connectivity index (χ1v) is 21.8. The quantitative estimate of drug-likeness (QED) is 0.0509. The number of benzene rings is 4. The number of hydrogen-bond acceptors (Lipinski definition) is 11. The number of halogens is 2. The van der Waals surface area contributed by atoms with Crippen molar-refractivity contribution in [1.82, 2.24) is 9.80 Å². The molecule has 2 amide bonds. The van der Waals surface area contributed by atoms with Gasteiger partial charge in [0.25, 0.3) is 11.4 Å². The number of carbonyl (C=O) groups excluding carboxylic acids is 4. The lowest BCUT2D eigenvalue weighted by Crippen LogP contribution is -2.28. The standard InChI is InChI=1S/C44H40Br2N4O10S/c1-3-59-43(53)31-19-21-47(25-31)37(51)17-13-27-11-15-35(41(49(55)56)39(27)29-7-5-9-33(45)23-29)61-36-16-12-28(40(42(36)50(57)58)30-8-6-10-34(46)24-30)14-18-38(52)48-22-20-32(26-48)44(54)60-4-2/h5-18,23-24,31-32H,3-4,19-22,25-26H2,1-2H3. The number of nitro benzene ring substituents is 2. The van der Waals surface area contributed by atoms with Gasteiger partial charge >= 0.3 is 11.9 Å². The average molecular weight is 977 g/mol. The minimum Gasteiger partial charge on any atom is -0.466 e. The number of ether oxygens (including phenoxy) is 2. The first-order chi connectivity index (χ1) is 29.3. The third-order valence-corrected chi connectivity index (χ3v) is 12.3. The van der Waals surface area contributed by atoms with E-state index < -0.39 is 21.7 Å². The Balaban J connectivity index is 1.40. The summed E-state index contributed by atoms with van der Waals surface area (Å²) in [6, 6.07) is 20.0. The smallest absolute Gasteiger partial charge is 0.310 e. The van der Waals surface area contributed by atoms with E-state index in [-0.39, 0.29) is 82.3 Å². The predicted molar refractivity (Wildman–Crippen MR) is 237 cm³/mol. The van der Waals surface area contributed by atoms with Crippen LogP contribution in [0, 0.1) is 32.1 Å². The number of rotatable bonds is 14. The largest absolute Gasteiger partial charge is 0.466 e. The van der Waals surface area contributed by atoms with Gasteiger partial charge in [0.2, 0.25) is 11.8 Å². The summed E-state index contributed by atoms with van der Waals surface area (Å²) in [7, 11) is 0. The highest BCUT2D eigenvalue weighted by atomic mass is 79.9. The lowest BCUT2D eigenvalue weighted by Gasteiger charge is -2.16. The van der Waals surface area contributed by atoms with Crippen LogP contribution in [0.2, 0.25) is 0 Å². The Morgan fingerprint density at radius 1 is 0.689 bits per heavy atom. The monoisotopic (exact) mass is 974 g/mol. The molecule has 4 aromatic rings. The second-order valence-corrected chi connectivity index (χ2v) is 17.0. The van der Waals surface area contributed by atoms with E-state index in [1.807, 2.05) is 0 Å². The third kappa shape index (κ3) is 10.6. The molecule has 316 valence electrons. The molecule has 14 nitrogen and oxygen atoms in total. The summed E-state index contributed by atoms with van der Waals surface area (Å²) >= 11 is 7.77. The van der Waals surface area contributed by atoms with E-state index in [0.29, 0.717) is 57.1 Å². The summed E-state index contributed by atoms with van der Waals surface area (Å²) in [5, 5.41) is 26.2. The third-order valence-electron chi connectivity index (χ3n) is 10.2. The number of amides is 2. The summed E-state index contributed by atoms with van der Waals surface area (Å²) in [5.74, 6) is -2.35. The predicted octanol–water partition coefficient (Wildman–Crippen LogP) is 9.36. The topological polar surface area (TPSA) is 180 Å². The van der Waals surface area contributed by atoms with Crippen LogP contribution in [0.5, 0.6) is 0 Å².